The monoisotopic (exact) mass is 471 g/mol. The molecule has 3 aromatic rings. The molecule has 35 heavy (non-hydrogen) atoms. The highest BCUT2D eigenvalue weighted by atomic mass is 16.5. The average molecular weight is 472 g/mol. The molecule has 0 radical (unpaired) electrons. The Morgan fingerprint density at radius 3 is 2.34 bits per heavy atom. The predicted molar refractivity (Wildman–Crippen MR) is 138 cm³/mol. The van der Waals surface area contributed by atoms with Crippen molar-refractivity contribution in [1.82, 2.24) is 0 Å². The summed E-state index contributed by atoms with van der Waals surface area (Å²) in [7, 11) is 0. The summed E-state index contributed by atoms with van der Waals surface area (Å²) in [5.41, 5.74) is 4.61. The van der Waals surface area contributed by atoms with Crippen LogP contribution in [0.1, 0.15) is 52.9 Å². The van der Waals surface area contributed by atoms with Gasteiger partial charge in [0.25, 0.3) is 0 Å². The third-order valence-corrected chi connectivity index (χ3v) is 6.61. The second kappa shape index (κ2) is 10.3. The topological polar surface area (TPSA) is 75.6 Å². The zero-order valence-corrected chi connectivity index (χ0v) is 20.6. The van der Waals surface area contributed by atoms with E-state index >= 15 is 0 Å². The summed E-state index contributed by atoms with van der Waals surface area (Å²) in [6, 6.07) is 21.6. The third kappa shape index (κ3) is 5.73. The van der Waals surface area contributed by atoms with Crippen molar-refractivity contribution in [2.45, 2.75) is 52.5 Å². The van der Waals surface area contributed by atoms with E-state index in [0.29, 0.717) is 30.8 Å². The second-order valence-corrected chi connectivity index (χ2v) is 9.91. The number of hydrogen-bond donors (Lipinski definition) is 2. The molecule has 4 rings (SSSR count). The number of benzene rings is 3. The fourth-order valence-corrected chi connectivity index (χ4v) is 4.85. The van der Waals surface area contributed by atoms with Crippen molar-refractivity contribution in [3.8, 4) is 5.75 Å². The first-order valence-corrected chi connectivity index (χ1v) is 12.2. The molecule has 3 aromatic carbocycles. The van der Waals surface area contributed by atoms with Gasteiger partial charge in [0.2, 0.25) is 0 Å². The minimum absolute atomic E-state index is 0.0449. The Morgan fingerprint density at radius 1 is 1.00 bits per heavy atom. The lowest BCUT2D eigenvalue weighted by Gasteiger charge is -2.23. The van der Waals surface area contributed by atoms with Crippen molar-refractivity contribution < 1.29 is 19.4 Å². The Morgan fingerprint density at radius 2 is 1.71 bits per heavy atom. The molecule has 182 valence electrons. The zero-order valence-electron chi connectivity index (χ0n) is 20.6. The number of rotatable bonds is 10. The quantitative estimate of drug-likeness (QED) is 0.361. The molecule has 0 atom stereocenters. The van der Waals surface area contributed by atoms with Crippen LogP contribution in [0.25, 0.3) is 0 Å². The number of anilines is 1. The van der Waals surface area contributed by atoms with Gasteiger partial charge < -0.3 is 15.2 Å². The number of hydrogen-bond acceptors (Lipinski definition) is 4. The maximum Gasteiger partial charge on any atom is 0.310 e. The van der Waals surface area contributed by atoms with Crippen LogP contribution in [0.4, 0.5) is 5.69 Å². The Balaban J connectivity index is 1.52. The standard InChI is InChI=1S/C30H33NO4/c1-20(2)31-26-12-11-23(16-28(26)35-14-13-22-8-6-7-21(3)15-22)27(32)19-30(29(33)34)17-24-9-4-5-10-25(24)18-30/h4-12,15-16,20,31H,13-14,17-19H2,1-3H3,(H,33,34). The van der Waals surface area contributed by atoms with Crippen LogP contribution < -0.4 is 10.1 Å². The normalized spacial score (nSPS) is 13.9. The van der Waals surface area contributed by atoms with Crippen LogP contribution in [-0.2, 0) is 24.1 Å². The van der Waals surface area contributed by atoms with Crippen LogP contribution in [0, 0.1) is 12.3 Å². The van der Waals surface area contributed by atoms with Crippen LogP contribution in [-0.4, -0.2) is 29.5 Å². The molecule has 0 aliphatic heterocycles. The van der Waals surface area contributed by atoms with Crippen LogP contribution in [0.2, 0.25) is 0 Å². The Labute approximate surface area is 207 Å². The minimum atomic E-state index is -1.11. The number of aryl methyl sites for hydroxylation is 1. The molecule has 5 heteroatoms. The number of aliphatic carboxylic acids is 1. The van der Waals surface area contributed by atoms with Gasteiger partial charge in [-0.25, -0.2) is 0 Å². The molecule has 0 unspecified atom stereocenters. The van der Waals surface area contributed by atoms with E-state index in [0.717, 1.165) is 23.2 Å². The number of nitrogens with one attached hydrogen (secondary N) is 1. The summed E-state index contributed by atoms with van der Waals surface area (Å²) < 4.78 is 6.13. The number of carbonyl (C=O) groups is 2. The van der Waals surface area contributed by atoms with Gasteiger partial charge in [-0.3, -0.25) is 9.59 Å². The van der Waals surface area contributed by atoms with E-state index in [1.54, 1.807) is 12.1 Å². The molecular formula is C30H33NO4. The molecule has 1 aliphatic carbocycles. The summed E-state index contributed by atoms with van der Waals surface area (Å²) in [5, 5.41) is 13.5. The number of carbonyl (C=O) groups excluding carboxylic acids is 1. The molecule has 0 spiro atoms. The van der Waals surface area contributed by atoms with Crippen molar-refractivity contribution >= 4 is 17.4 Å². The molecule has 0 aromatic heterocycles. The predicted octanol–water partition coefficient (Wildman–Crippen LogP) is 5.88. The van der Waals surface area contributed by atoms with Gasteiger partial charge in [0.05, 0.1) is 17.7 Å². The van der Waals surface area contributed by atoms with Crippen LogP contribution in [0.3, 0.4) is 0 Å². The zero-order chi connectivity index (χ0) is 25.0. The summed E-state index contributed by atoms with van der Waals surface area (Å²) >= 11 is 0. The molecule has 1 aliphatic rings. The number of fused-ring (bicyclic) bond motifs is 1. The molecular weight excluding hydrogens is 438 g/mol. The Kier molecular flexibility index (Phi) is 7.25. The molecule has 5 nitrogen and oxygen atoms in total. The Bertz CT molecular complexity index is 1210. The van der Waals surface area contributed by atoms with E-state index in [9.17, 15) is 14.7 Å². The molecule has 0 fully saturated rings. The van der Waals surface area contributed by atoms with Crippen molar-refractivity contribution in [2.24, 2.45) is 5.41 Å². The highest BCUT2D eigenvalue weighted by molar-refractivity contribution is 6.00. The van der Waals surface area contributed by atoms with E-state index in [4.69, 9.17) is 4.74 Å². The van der Waals surface area contributed by atoms with E-state index < -0.39 is 11.4 Å². The van der Waals surface area contributed by atoms with Gasteiger partial charge >= 0.3 is 5.97 Å². The smallest absolute Gasteiger partial charge is 0.310 e. The van der Waals surface area contributed by atoms with Gasteiger partial charge in [0.15, 0.2) is 5.78 Å². The van der Waals surface area contributed by atoms with E-state index in [1.807, 2.05) is 50.2 Å². The number of carboxylic acids is 1. The summed E-state index contributed by atoms with van der Waals surface area (Å²) in [5.74, 6) is -0.495. The average Bonchev–Trinajstić information content (AvgIpc) is 3.19. The number of ketones is 1. The van der Waals surface area contributed by atoms with Gasteiger partial charge in [-0.15, -0.1) is 0 Å². The molecule has 0 amide bonds. The first-order chi connectivity index (χ1) is 16.8. The van der Waals surface area contributed by atoms with Crippen molar-refractivity contribution in [3.05, 3.63) is 94.5 Å². The van der Waals surface area contributed by atoms with Gasteiger partial charge in [-0.1, -0.05) is 54.1 Å². The van der Waals surface area contributed by atoms with Crippen LogP contribution in [0.5, 0.6) is 5.75 Å². The first kappa shape index (κ1) is 24.5. The highest BCUT2D eigenvalue weighted by Gasteiger charge is 2.45. The molecule has 0 bridgehead atoms. The molecule has 2 N–H and O–H groups in total. The summed E-state index contributed by atoms with van der Waals surface area (Å²) in [6.07, 6.45) is 1.45. The maximum absolute atomic E-state index is 13.3. The van der Waals surface area contributed by atoms with E-state index in [2.05, 4.69) is 30.4 Å². The SMILES string of the molecule is Cc1cccc(CCOc2cc(C(=O)CC3(C(=O)O)Cc4ccccc4C3)ccc2NC(C)C)c1. The molecule has 0 saturated carbocycles. The third-order valence-electron chi connectivity index (χ3n) is 6.61. The lowest BCUT2D eigenvalue weighted by molar-refractivity contribution is -0.148. The highest BCUT2D eigenvalue weighted by Crippen LogP contribution is 2.41. The lowest BCUT2D eigenvalue weighted by atomic mass is 9.79. The second-order valence-electron chi connectivity index (χ2n) is 9.91. The van der Waals surface area contributed by atoms with Gasteiger partial charge in [-0.2, -0.15) is 0 Å². The molecule has 0 heterocycles. The number of carboxylic acid groups (broad SMARTS) is 1. The number of ether oxygens (including phenoxy) is 1. The van der Waals surface area contributed by atoms with E-state index in [1.165, 1.54) is 11.1 Å². The summed E-state index contributed by atoms with van der Waals surface area (Å²) in [6.45, 7) is 6.63. The molecule has 0 saturated heterocycles. The van der Waals surface area contributed by atoms with E-state index in [-0.39, 0.29) is 18.2 Å². The number of Topliss-reactive ketones (excluding diaryl/α,β-unsaturated/α-hetero) is 1. The van der Waals surface area contributed by atoms with Crippen LogP contribution >= 0.6 is 0 Å². The minimum Gasteiger partial charge on any atom is -0.491 e. The van der Waals surface area contributed by atoms with Gasteiger partial charge in [-0.05, 0) is 68.5 Å². The van der Waals surface area contributed by atoms with Gasteiger partial charge in [0, 0.05) is 24.4 Å². The lowest BCUT2D eigenvalue weighted by Crippen LogP contribution is -2.34. The largest absolute Gasteiger partial charge is 0.491 e. The first-order valence-electron chi connectivity index (χ1n) is 12.2. The summed E-state index contributed by atoms with van der Waals surface area (Å²) in [4.78, 5) is 25.7. The fourth-order valence-electron chi connectivity index (χ4n) is 4.85. The van der Waals surface area contributed by atoms with Crippen molar-refractivity contribution in [3.63, 3.8) is 0 Å². The fraction of sp³-hybridized carbons (Fsp3) is 0.333. The maximum atomic E-state index is 13.3. The van der Waals surface area contributed by atoms with Gasteiger partial charge in [0.1, 0.15) is 5.75 Å². The van der Waals surface area contributed by atoms with Crippen molar-refractivity contribution in [1.29, 1.82) is 0 Å². The van der Waals surface area contributed by atoms with Crippen LogP contribution in [0.15, 0.2) is 66.7 Å². The Hall–Kier alpha value is -3.60. The van der Waals surface area contributed by atoms with Crippen molar-refractivity contribution in [2.75, 3.05) is 11.9 Å².